The van der Waals surface area contributed by atoms with Gasteiger partial charge in [-0.25, -0.2) is 13.2 Å². The van der Waals surface area contributed by atoms with Crippen molar-refractivity contribution < 1.29 is 13.2 Å². The summed E-state index contributed by atoms with van der Waals surface area (Å²) in [5.74, 6) is -3.77. The van der Waals surface area contributed by atoms with Gasteiger partial charge in [0.15, 0.2) is 17.5 Å². The lowest BCUT2D eigenvalue weighted by atomic mass is 9.98. The molecule has 0 aliphatic carbocycles. The molecule has 1 nitrogen and oxygen atoms in total. The second kappa shape index (κ2) is 6.57. The van der Waals surface area contributed by atoms with Crippen molar-refractivity contribution in [1.82, 2.24) is 5.32 Å². The van der Waals surface area contributed by atoms with Crippen molar-refractivity contribution in [1.29, 1.82) is 0 Å². The Morgan fingerprint density at radius 1 is 0.950 bits per heavy atom. The number of benzene rings is 2. The molecule has 20 heavy (non-hydrogen) atoms. The smallest absolute Gasteiger partial charge is 0.194 e. The van der Waals surface area contributed by atoms with Crippen molar-refractivity contribution in [2.24, 2.45) is 0 Å². The van der Waals surface area contributed by atoms with Crippen LogP contribution < -0.4 is 5.32 Å². The van der Waals surface area contributed by atoms with E-state index in [0.29, 0.717) is 12.1 Å². The van der Waals surface area contributed by atoms with E-state index >= 15 is 0 Å². The first kappa shape index (κ1) is 14.6. The van der Waals surface area contributed by atoms with Crippen LogP contribution in [0.2, 0.25) is 0 Å². The van der Waals surface area contributed by atoms with Crippen LogP contribution in [0.5, 0.6) is 0 Å². The zero-order chi connectivity index (χ0) is 14.5. The zero-order valence-electron chi connectivity index (χ0n) is 11.2. The molecule has 0 bridgehead atoms. The lowest BCUT2D eigenvalue weighted by Gasteiger charge is -2.20. The maximum atomic E-state index is 13.4. The minimum atomic E-state index is -1.43. The molecule has 0 saturated heterocycles. The molecule has 4 heteroatoms. The Morgan fingerprint density at radius 3 is 2.10 bits per heavy atom. The van der Waals surface area contributed by atoms with Gasteiger partial charge in [0, 0.05) is 0 Å². The summed E-state index contributed by atoms with van der Waals surface area (Å²) in [5, 5.41) is 3.22. The predicted molar refractivity (Wildman–Crippen MR) is 72.9 cm³/mol. The maximum absolute atomic E-state index is 13.4. The van der Waals surface area contributed by atoms with Crippen LogP contribution in [-0.2, 0) is 0 Å². The number of nitrogens with one attached hydrogen (secondary N) is 1. The third-order valence-electron chi connectivity index (χ3n) is 3.07. The molecule has 2 aromatic carbocycles. The summed E-state index contributed by atoms with van der Waals surface area (Å²) < 4.78 is 39.8. The molecule has 2 aromatic rings. The molecule has 0 heterocycles. The summed E-state index contributed by atoms with van der Waals surface area (Å²) in [4.78, 5) is 0. The minimum absolute atomic E-state index is 0.360. The summed E-state index contributed by atoms with van der Waals surface area (Å²) in [5.41, 5.74) is 1.26. The maximum Gasteiger partial charge on any atom is 0.194 e. The first-order valence-corrected chi connectivity index (χ1v) is 6.56. The van der Waals surface area contributed by atoms with Crippen molar-refractivity contribution in [2.45, 2.75) is 19.4 Å². The van der Waals surface area contributed by atoms with Crippen molar-refractivity contribution >= 4 is 0 Å². The van der Waals surface area contributed by atoms with Crippen LogP contribution in [-0.4, -0.2) is 6.54 Å². The predicted octanol–water partition coefficient (Wildman–Crippen LogP) is 4.19. The van der Waals surface area contributed by atoms with E-state index in [1.54, 1.807) is 0 Å². The molecule has 106 valence electrons. The zero-order valence-corrected chi connectivity index (χ0v) is 11.2. The molecular weight excluding hydrogens is 263 g/mol. The van der Waals surface area contributed by atoms with Crippen molar-refractivity contribution in [3.63, 3.8) is 0 Å². The molecule has 0 aliphatic rings. The number of halogens is 3. The van der Waals surface area contributed by atoms with E-state index in [2.05, 4.69) is 5.32 Å². The standard InChI is InChI=1S/C16H16F3N/c1-2-8-20-16(11-6-4-3-5-7-11)12-9-13(17)15(19)14(18)10-12/h3-7,9-10,16,20H,2,8H2,1H3. The third-order valence-corrected chi connectivity index (χ3v) is 3.07. The number of hydrogen-bond acceptors (Lipinski definition) is 1. The van der Waals surface area contributed by atoms with Gasteiger partial charge in [0.25, 0.3) is 0 Å². The van der Waals surface area contributed by atoms with Crippen LogP contribution in [0.25, 0.3) is 0 Å². The minimum Gasteiger partial charge on any atom is -0.306 e. The van der Waals surface area contributed by atoms with Crippen LogP contribution >= 0.6 is 0 Å². The first-order chi connectivity index (χ1) is 9.63. The van der Waals surface area contributed by atoms with Gasteiger partial charge in [-0.15, -0.1) is 0 Å². The second-order valence-electron chi connectivity index (χ2n) is 4.60. The molecular formula is C16H16F3N. The molecule has 0 aromatic heterocycles. The largest absolute Gasteiger partial charge is 0.306 e. The Labute approximate surface area is 116 Å². The van der Waals surface area contributed by atoms with E-state index in [4.69, 9.17) is 0 Å². The van der Waals surface area contributed by atoms with E-state index in [9.17, 15) is 13.2 Å². The number of hydrogen-bond donors (Lipinski definition) is 1. The summed E-state index contributed by atoms with van der Waals surface area (Å²) >= 11 is 0. The topological polar surface area (TPSA) is 12.0 Å². The van der Waals surface area contributed by atoms with Gasteiger partial charge in [-0.3, -0.25) is 0 Å². The Kier molecular flexibility index (Phi) is 4.79. The van der Waals surface area contributed by atoms with Crippen LogP contribution in [0.4, 0.5) is 13.2 Å². The van der Waals surface area contributed by atoms with Gasteiger partial charge in [-0.1, -0.05) is 37.3 Å². The molecule has 0 saturated carbocycles. The van der Waals surface area contributed by atoms with Gasteiger partial charge in [0.1, 0.15) is 0 Å². The monoisotopic (exact) mass is 279 g/mol. The molecule has 0 spiro atoms. The molecule has 0 amide bonds. The fourth-order valence-electron chi connectivity index (χ4n) is 2.10. The van der Waals surface area contributed by atoms with E-state index in [0.717, 1.165) is 24.1 Å². The van der Waals surface area contributed by atoms with E-state index in [-0.39, 0.29) is 6.04 Å². The Morgan fingerprint density at radius 2 is 1.55 bits per heavy atom. The highest BCUT2D eigenvalue weighted by molar-refractivity contribution is 5.32. The number of rotatable bonds is 5. The van der Waals surface area contributed by atoms with Crippen molar-refractivity contribution in [3.05, 3.63) is 71.0 Å². The fourth-order valence-corrected chi connectivity index (χ4v) is 2.10. The lowest BCUT2D eigenvalue weighted by molar-refractivity contribution is 0.442. The summed E-state index contributed by atoms with van der Waals surface area (Å²) in [6.07, 6.45) is 0.884. The summed E-state index contributed by atoms with van der Waals surface area (Å²) in [7, 11) is 0. The van der Waals surface area contributed by atoms with Crippen molar-refractivity contribution in [2.75, 3.05) is 6.54 Å². The molecule has 0 aliphatic heterocycles. The summed E-state index contributed by atoms with van der Waals surface area (Å²) in [6, 6.07) is 11.0. The highest BCUT2D eigenvalue weighted by Crippen LogP contribution is 2.25. The van der Waals surface area contributed by atoms with Crippen LogP contribution in [0.3, 0.4) is 0 Å². The fraction of sp³-hybridized carbons (Fsp3) is 0.250. The molecule has 0 radical (unpaired) electrons. The van der Waals surface area contributed by atoms with E-state index in [1.165, 1.54) is 0 Å². The Bertz CT molecular complexity index is 546. The van der Waals surface area contributed by atoms with Gasteiger partial charge in [-0.2, -0.15) is 0 Å². The quantitative estimate of drug-likeness (QED) is 0.809. The van der Waals surface area contributed by atoms with Crippen LogP contribution in [0, 0.1) is 17.5 Å². The Hall–Kier alpha value is -1.81. The van der Waals surface area contributed by atoms with E-state index in [1.807, 2.05) is 37.3 Å². The average Bonchev–Trinajstić information content (AvgIpc) is 2.46. The first-order valence-electron chi connectivity index (χ1n) is 6.56. The Balaban J connectivity index is 2.41. The lowest BCUT2D eigenvalue weighted by Crippen LogP contribution is -2.23. The third kappa shape index (κ3) is 3.20. The van der Waals surface area contributed by atoms with Crippen LogP contribution in [0.15, 0.2) is 42.5 Å². The van der Waals surface area contributed by atoms with Crippen molar-refractivity contribution in [3.8, 4) is 0 Å². The molecule has 0 fully saturated rings. The van der Waals surface area contributed by atoms with Gasteiger partial charge < -0.3 is 5.32 Å². The van der Waals surface area contributed by atoms with Gasteiger partial charge in [-0.05, 0) is 36.2 Å². The van der Waals surface area contributed by atoms with Gasteiger partial charge in [0.05, 0.1) is 6.04 Å². The molecule has 2 rings (SSSR count). The normalized spacial score (nSPS) is 12.4. The SMILES string of the molecule is CCCNC(c1ccccc1)c1cc(F)c(F)c(F)c1. The van der Waals surface area contributed by atoms with Gasteiger partial charge in [0.2, 0.25) is 0 Å². The highest BCUT2D eigenvalue weighted by Gasteiger charge is 2.18. The highest BCUT2D eigenvalue weighted by atomic mass is 19.2. The average molecular weight is 279 g/mol. The molecule has 1 unspecified atom stereocenters. The van der Waals surface area contributed by atoms with Crippen LogP contribution in [0.1, 0.15) is 30.5 Å². The van der Waals surface area contributed by atoms with Gasteiger partial charge >= 0.3 is 0 Å². The van der Waals surface area contributed by atoms with E-state index < -0.39 is 17.5 Å². The molecule has 1 atom stereocenters. The molecule has 1 N–H and O–H groups in total. The summed E-state index contributed by atoms with van der Waals surface area (Å²) in [6.45, 7) is 2.70. The second-order valence-corrected chi connectivity index (χ2v) is 4.60.